The van der Waals surface area contributed by atoms with Gasteiger partial charge in [0.05, 0.1) is 11.0 Å². The summed E-state index contributed by atoms with van der Waals surface area (Å²) in [5.74, 6) is 0. The van der Waals surface area contributed by atoms with Crippen molar-refractivity contribution in [3.63, 3.8) is 0 Å². The van der Waals surface area contributed by atoms with Gasteiger partial charge >= 0.3 is 0 Å². The quantitative estimate of drug-likeness (QED) is 0.127. The van der Waals surface area contributed by atoms with E-state index >= 15 is 0 Å². The molecule has 0 spiro atoms. The van der Waals surface area contributed by atoms with Gasteiger partial charge in [0.25, 0.3) is 0 Å². The molecule has 1 aliphatic carbocycles. The third-order valence-electron chi connectivity index (χ3n) is 18.5. The number of hydrogen-bond donors (Lipinski definition) is 0. The molecule has 0 aliphatic heterocycles. The van der Waals surface area contributed by atoms with Gasteiger partial charge in [0, 0.05) is 32.6 Å². The minimum atomic E-state index is -0.0674. The van der Waals surface area contributed by atoms with Gasteiger partial charge in [0.2, 0.25) is 0 Å². The van der Waals surface area contributed by atoms with E-state index in [1.165, 1.54) is 159 Å². The molecule has 0 atom stereocenters. The first-order valence-electron chi connectivity index (χ1n) is 28.3. The molecule has 15 aromatic carbocycles. The lowest BCUT2D eigenvalue weighted by Gasteiger charge is -2.21. The first-order chi connectivity index (χ1) is 39.9. The van der Waals surface area contributed by atoms with Crippen molar-refractivity contribution in [2.75, 3.05) is 0 Å². The molecular weight excluding hydrogens is 979 g/mol. The van der Waals surface area contributed by atoms with Crippen LogP contribution in [0.1, 0.15) is 25.0 Å². The van der Waals surface area contributed by atoms with Crippen molar-refractivity contribution in [2.45, 2.75) is 19.3 Å². The normalized spacial score (nSPS) is 13.2. The van der Waals surface area contributed by atoms with Crippen LogP contribution in [0.25, 0.3) is 169 Å². The van der Waals surface area contributed by atoms with E-state index in [4.69, 9.17) is 4.42 Å². The molecule has 0 saturated heterocycles. The summed E-state index contributed by atoms with van der Waals surface area (Å²) in [5, 5.41) is 22.1. The number of hydrogen-bond acceptors (Lipinski definition) is 1. The molecule has 0 N–H and O–H groups in total. The zero-order valence-electron chi connectivity index (χ0n) is 44.7. The summed E-state index contributed by atoms with van der Waals surface area (Å²) in [6.07, 6.45) is 0. The molecule has 2 nitrogen and oxygen atoms in total. The summed E-state index contributed by atoms with van der Waals surface area (Å²) in [5.41, 5.74) is 18.1. The zero-order chi connectivity index (χ0) is 53.2. The van der Waals surface area contributed by atoms with Crippen LogP contribution < -0.4 is 0 Å². The monoisotopic (exact) mass is 1030 g/mol. The molecule has 81 heavy (non-hydrogen) atoms. The van der Waals surface area contributed by atoms with E-state index in [2.05, 4.69) is 279 Å². The molecule has 0 amide bonds. The van der Waals surface area contributed by atoms with E-state index < -0.39 is 0 Å². The van der Waals surface area contributed by atoms with E-state index in [9.17, 15) is 0 Å². The highest BCUT2D eigenvalue weighted by Crippen LogP contribution is 2.53. The molecule has 2 heterocycles. The van der Waals surface area contributed by atoms with Gasteiger partial charge in [-0.05, 0) is 198 Å². The fourth-order valence-electron chi connectivity index (χ4n) is 14.7. The third-order valence-corrected chi connectivity index (χ3v) is 18.5. The zero-order valence-corrected chi connectivity index (χ0v) is 44.7. The number of rotatable bonds is 4. The smallest absolute Gasteiger partial charge is 0.136 e. The Labute approximate surface area is 467 Å². The maximum absolute atomic E-state index is 6.89. The molecule has 0 unspecified atom stereocenters. The van der Waals surface area contributed by atoms with E-state index in [0.29, 0.717) is 0 Å². The summed E-state index contributed by atoms with van der Waals surface area (Å²) in [6, 6.07) is 97.5. The van der Waals surface area contributed by atoms with Crippen molar-refractivity contribution in [2.24, 2.45) is 0 Å². The largest absolute Gasteiger partial charge is 0.456 e. The third kappa shape index (κ3) is 6.28. The summed E-state index contributed by atoms with van der Waals surface area (Å²) in [6.45, 7) is 4.74. The summed E-state index contributed by atoms with van der Waals surface area (Å²) in [7, 11) is 0. The maximum Gasteiger partial charge on any atom is 0.136 e. The number of furan rings is 1. The highest BCUT2D eigenvalue weighted by Gasteiger charge is 2.36. The highest BCUT2D eigenvalue weighted by molar-refractivity contribution is 6.29. The van der Waals surface area contributed by atoms with Crippen LogP contribution in [0.15, 0.2) is 265 Å². The van der Waals surface area contributed by atoms with Gasteiger partial charge in [0.15, 0.2) is 0 Å². The molecule has 2 heteroatoms. The molecular formula is C79H49NO. The molecule has 18 rings (SSSR count). The average Bonchev–Trinajstić information content (AvgIpc) is 4.15. The Bertz CT molecular complexity index is 5570. The maximum atomic E-state index is 6.89. The predicted octanol–water partition coefficient (Wildman–Crippen LogP) is 22.1. The van der Waals surface area contributed by atoms with Crippen LogP contribution in [0.3, 0.4) is 0 Å². The fraction of sp³-hybridized carbons (Fsp3) is 0.0380. The summed E-state index contributed by atoms with van der Waals surface area (Å²) < 4.78 is 9.30. The predicted molar refractivity (Wildman–Crippen MR) is 344 cm³/mol. The van der Waals surface area contributed by atoms with Gasteiger partial charge in [-0.3, -0.25) is 0 Å². The van der Waals surface area contributed by atoms with Gasteiger partial charge in [-0.2, -0.15) is 0 Å². The van der Waals surface area contributed by atoms with E-state index in [1.54, 1.807) is 0 Å². The number of aromatic nitrogens is 1. The van der Waals surface area contributed by atoms with Gasteiger partial charge < -0.3 is 8.98 Å². The second kappa shape index (κ2) is 16.4. The molecule has 0 bridgehead atoms. The second-order valence-corrected chi connectivity index (χ2v) is 23.1. The van der Waals surface area contributed by atoms with Crippen molar-refractivity contribution < 1.29 is 4.42 Å². The molecule has 0 radical (unpaired) electrons. The number of fused-ring (bicyclic) bond motifs is 20. The van der Waals surface area contributed by atoms with Gasteiger partial charge in [0.1, 0.15) is 11.2 Å². The lowest BCUT2D eigenvalue weighted by atomic mass is 9.81. The van der Waals surface area contributed by atoms with E-state index in [-0.39, 0.29) is 5.41 Å². The minimum Gasteiger partial charge on any atom is -0.456 e. The molecule has 17 aromatic rings. The first-order valence-corrected chi connectivity index (χ1v) is 28.3. The molecule has 0 fully saturated rings. The molecule has 376 valence electrons. The Balaban J connectivity index is 0.782. The lowest BCUT2D eigenvalue weighted by Crippen LogP contribution is -2.14. The van der Waals surface area contributed by atoms with Crippen LogP contribution in [0, 0.1) is 0 Å². The van der Waals surface area contributed by atoms with E-state index in [1.807, 2.05) is 0 Å². The Morgan fingerprint density at radius 2 is 0.778 bits per heavy atom. The number of benzene rings is 15. The first kappa shape index (κ1) is 44.7. The Morgan fingerprint density at radius 1 is 0.272 bits per heavy atom. The molecule has 2 aromatic heterocycles. The number of para-hydroxylation sites is 1. The molecule has 0 saturated carbocycles. The Kier molecular flexibility index (Phi) is 9.04. The molecule has 1 aliphatic rings. The lowest BCUT2D eigenvalue weighted by molar-refractivity contribution is 0.661. The van der Waals surface area contributed by atoms with Gasteiger partial charge in [-0.15, -0.1) is 0 Å². The van der Waals surface area contributed by atoms with Crippen LogP contribution in [0.5, 0.6) is 0 Å². The standard InChI is InChI=1S/C79H49NO/c1-79(2)70-25-13-11-24-62(70)78-63-42-51(28-27-47(63)31-36-71(78)79)76-58-20-7-9-22-60(58)77(61-23-10-8-21-59(61)76)52-33-38-74-68(43-52)69-44-65-55-18-6-5-17-54(55)64-40-49(30-35-56(64)66(65)45-75(69)81-74)50-32-37-73-67(41-50)57-19-12-14-26-72(57)80(73)53-34-29-46-15-3-4-16-48(46)39-53/h3-45H,1-2H3. The van der Waals surface area contributed by atoms with Crippen LogP contribution in [0.2, 0.25) is 0 Å². The highest BCUT2D eigenvalue weighted by atomic mass is 16.3. The van der Waals surface area contributed by atoms with Crippen molar-refractivity contribution in [3.05, 3.63) is 272 Å². The Morgan fingerprint density at radius 3 is 1.53 bits per heavy atom. The van der Waals surface area contributed by atoms with Gasteiger partial charge in [-0.25, -0.2) is 0 Å². The summed E-state index contributed by atoms with van der Waals surface area (Å²) >= 11 is 0. The topological polar surface area (TPSA) is 18.1 Å². The Hall–Kier alpha value is -10.3. The van der Waals surface area contributed by atoms with Crippen molar-refractivity contribution >= 4 is 119 Å². The van der Waals surface area contributed by atoms with Crippen LogP contribution in [0.4, 0.5) is 0 Å². The van der Waals surface area contributed by atoms with Crippen LogP contribution >= 0.6 is 0 Å². The van der Waals surface area contributed by atoms with E-state index in [0.717, 1.165) is 21.9 Å². The average molecular weight is 1030 g/mol. The van der Waals surface area contributed by atoms with Crippen LogP contribution in [-0.2, 0) is 5.41 Å². The van der Waals surface area contributed by atoms with Gasteiger partial charge in [-0.1, -0.05) is 208 Å². The van der Waals surface area contributed by atoms with Crippen molar-refractivity contribution in [1.82, 2.24) is 4.57 Å². The minimum absolute atomic E-state index is 0.0674. The SMILES string of the molecule is CC1(C)c2ccccc2-c2c1ccc1ccc(-c3c4ccccc4c(-c4ccc5oc6cc7c8ccc(-c9ccc%10c(c9)c9ccccc9n%10-c9ccc%10ccccc%10c9)cc8c8ccccc8c7cc6c5c4)c4ccccc34)cc21. The van der Waals surface area contributed by atoms with Crippen molar-refractivity contribution in [3.8, 4) is 50.2 Å². The fourth-order valence-corrected chi connectivity index (χ4v) is 14.7. The summed E-state index contributed by atoms with van der Waals surface area (Å²) in [4.78, 5) is 0. The number of nitrogens with zero attached hydrogens (tertiary/aromatic N) is 1. The second-order valence-electron chi connectivity index (χ2n) is 23.1. The van der Waals surface area contributed by atoms with Crippen LogP contribution in [-0.4, -0.2) is 4.57 Å². The van der Waals surface area contributed by atoms with Crippen molar-refractivity contribution in [1.29, 1.82) is 0 Å².